The zero-order valence-corrected chi connectivity index (χ0v) is 20.2. The van der Waals surface area contributed by atoms with Crippen molar-refractivity contribution in [3.63, 3.8) is 0 Å². The average molecular weight is 519 g/mol. The van der Waals surface area contributed by atoms with Gasteiger partial charge >= 0.3 is 5.97 Å². The number of thiazole rings is 1. The highest BCUT2D eigenvalue weighted by molar-refractivity contribution is 7.85. The number of benzene rings is 1. The summed E-state index contributed by atoms with van der Waals surface area (Å²) < 4.78 is 31.6. The van der Waals surface area contributed by atoms with Crippen molar-refractivity contribution >= 4 is 55.9 Å². The van der Waals surface area contributed by atoms with Crippen LogP contribution in [0.5, 0.6) is 0 Å². The SMILES string of the molecule is Cc1nc(Nc2nc(NCc3ccc(S(=O)(=O)O)cc3)cc(N3CCCC(=O)C3)n2)sc1C(=O)O. The van der Waals surface area contributed by atoms with Crippen LogP contribution in [0.3, 0.4) is 0 Å². The van der Waals surface area contributed by atoms with E-state index in [1.165, 1.54) is 12.1 Å². The molecule has 0 aliphatic carbocycles. The summed E-state index contributed by atoms with van der Waals surface area (Å²) in [6.07, 6.45) is 1.23. The van der Waals surface area contributed by atoms with Gasteiger partial charge in [-0.1, -0.05) is 23.5 Å². The Balaban J connectivity index is 1.59. The highest BCUT2D eigenvalue weighted by Gasteiger charge is 2.21. The maximum atomic E-state index is 12.0. The summed E-state index contributed by atoms with van der Waals surface area (Å²) in [5.74, 6) is 0.166. The summed E-state index contributed by atoms with van der Waals surface area (Å²) in [7, 11) is -4.28. The first-order chi connectivity index (χ1) is 16.6. The molecule has 3 heterocycles. The minimum Gasteiger partial charge on any atom is -0.477 e. The van der Waals surface area contributed by atoms with Crippen molar-refractivity contribution in [3.8, 4) is 0 Å². The number of nitrogens with zero attached hydrogens (tertiary/aromatic N) is 4. The van der Waals surface area contributed by atoms with E-state index in [9.17, 15) is 23.1 Å². The lowest BCUT2D eigenvalue weighted by Gasteiger charge is -2.27. The summed E-state index contributed by atoms with van der Waals surface area (Å²) in [6, 6.07) is 7.43. The zero-order valence-electron chi connectivity index (χ0n) is 18.6. The van der Waals surface area contributed by atoms with Crippen molar-refractivity contribution in [2.24, 2.45) is 0 Å². The van der Waals surface area contributed by atoms with E-state index in [-0.39, 0.29) is 28.0 Å². The number of Topliss-reactive ketones (excluding diaryl/α,β-unsaturated/α-hetero) is 1. The van der Waals surface area contributed by atoms with Crippen molar-refractivity contribution in [2.75, 3.05) is 28.6 Å². The van der Waals surface area contributed by atoms with E-state index < -0.39 is 16.1 Å². The fourth-order valence-corrected chi connectivity index (χ4v) is 4.77. The Morgan fingerprint density at radius 1 is 1.20 bits per heavy atom. The number of carboxylic acids is 1. The summed E-state index contributed by atoms with van der Waals surface area (Å²) >= 11 is 0.964. The number of carbonyl (C=O) groups is 2. The van der Waals surface area contributed by atoms with Crippen LogP contribution in [0.15, 0.2) is 35.2 Å². The average Bonchev–Trinajstić information content (AvgIpc) is 3.17. The number of aromatic nitrogens is 3. The Morgan fingerprint density at radius 2 is 1.94 bits per heavy atom. The standard InChI is InChI=1S/C21H22N6O6S2/c1-12-18(19(29)30)34-21(23-12)26-20-24-16(9-17(25-20)27-8-2-3-14(28)11-27)22-10-13-4-6-15(7-5-13)35(31,32)33/h4-7,9H,2-3,8,10-11H2,1H3,(H,29,30)(H,31,32,33)(H2,22,23,24,25,26). The fourth-order valence-electron chi connectivity index (χ4n) is 3.49. The molecule has 0 radical (unpaired) electrons. The lowest BCUT2D eigenvalue weighted by atomic mass is 10.1. The Bertz CT molecular complexity index is 1370. The van der Waals surface area contributed by atoms with Crippen LogP contribution < -0.4 is 15.5 Å². The number of ketones is 1. The summed E-state index contributed by atoms with van der Waals surface area (Å²) in [4.78, 5) is 38.2. The number of piperidine rings is 1. The molecule has 1 saturated heterocycles. The molecule has 0 saturated carbocycles. The maximum Gasteiger partial charge on any atom is 0.347 e. The van der Waals surface area contributed by atoms with Crippen molar-refractivity contribution in [1.29, 1.82) is 0 Å². The second-order valence-corrected chi connectivity index (χ2v) is 10.3. The molecule has 12 nitrogen and oxygen atoms in total. The molecule has 4 N–H and O–H groups in total. The highest BCUT2D eigenvalue weighted by atomic mass is 32.2. The summed E-state index contributed by atoms with van der Waals surface area (Å²) in [5, 5.41) is 15.7. The van der Waals surface area contributed by atoms with Gasteiger partial charge in [0.1, 0.15) is 16.5 Å². The van der Waals surface area contributed by atoms with Crippen LogP contribution in [-0.4, -0.2) is 57.9 Å². The third-order valence-corrected chi connectivity index (χ3v) is 7.12. The van der Waals surface area contributed by atoms with Crippen LogP contribution in [-0.2, 0) is 21.5 Å². The van der Waals surface area contributed by atoms with Crippen LogP contribution in [0.25, 0.3) is 0 Å². The van der Waals surface area contributed by atoms with Crippen LogP contribution in [0.1, 0.15) is 33.8 Å². The Kier molecular flexibility index (Phi) is 6.95. The number of aryl methyl sites for hydroxylation is 1. The molecule has 14 heteroatoms. The Morgan fingerprint density at radius 3 is 2.57 bits per heavy atom. The van der Waals surface area contributed by atoms with Crippen molar-refractivity contribution in [1.82, 2.24) is 15.0 Å². The minimum absolute atomic E-state index is 0.108. The first-order valence-corrected chi connectivity index (χ1v) is 12.8. The lowest BCUT2D eigenvalue weighted by Crippen LogP contribution is -2.36. The first-order valence-electron chi connectivity index (χ1n) is 10.5. The van der Waals surface area contributed by atoms with Crippen molar-refractivity contribution in [2.45, 2.75) is 31.2 Å². The molecule has 4 rings (SSSR count). The molecule has 0 spiro atoms. The summed E-state index contributed by atoms with van der Waals surface area (Å²) in [5.41, 5.74) is 1.11. The zero-order chi connectivity index (χ0) is 25.2. The molecular formula is C21H22N6O6S2. The van der Waals surface area contributed by atoms with Gasteiger partial charge in [0.05, 0.1) is 17.1 Å². The molecule has 3 aromatic rings. The van der Waals surface area contributed by atoms with Gasteiger partial charge in [0.25, 0.3) is 10.1 Å². The molecule has 1 fully saturated rings. The van der Waals surface area contributed by atoms with Gasteiger partial charge in [-0.3, -0.25) is 14.7 Å². The normalized spacial score (nSPS) is 14.1. The number of hydrogen-bond acceptors (Lipinski definition) is 11. The third kappa shape index (κ3) is 6.09. The second-order valence-electron chi connectivity index (χ2n) is 7.84. The molecule has 1 aliphatic rings. The Labute approximate surface area is 204 Å². The monoisotopic (exact) mass is 518 g/mol. The molecule has 0 atom stereocenters. The number of rotatable bonds is 8. The summed E-state index contributed by atoms with van der Waals surface area (Å²) in [6.45, 7) is 2.77. The molecule has 2 aromatic heterocycles. The van der Waals surface area contributed by atoms with E-state index in [1.54, 1.807) is 25.1 Å². The van der Waals surface area contributed by atoms with Crippen LogP contribution in [0, 0.1) is 6.92 Å². The molecule has 184 valence electrons. The van der Waals surface area contributed by atoms with E-state index in [2.05, 4.69) is 25.6 Å². The Hall–Kier alpha value is -3.62. The van der Waals surface area contributed by atoms with Gasteiger partial charge in [-0.15, -0.1) is 0 Å². The van der Waals surface area contributed by atoms with Gasteiger partial charge in [0.2, 0.25) is 5.95 Å². The minimum atomic E-state index is -4.28. The second kappa shape index (κ2) is 9.93. The predicted octanol–water partition coefficient (Wildman–Crippen LogP) is 2.71. The number of carbonyl (C=O) groups excluding carboxylic acids is 1. The largest absolute Gasteiger partial charge is 0.477 e. The van der Waals surface area contributed by atoms with E-state index in [0.717, 1.165) is 16.9 Å². The lowest BCUT2D eigenvalue weighted by molar-refractivity contribution is -0.118. The van der Waals surface area contributed by atoms with Gasteiger partial charge < -0.3 is 15.3 Å². The third-order valence-electron chi connectivity index (χ3n) is 5.19. The topological polar surface area (TPSA) is 175 Å². The van der Waals surface area contributed by atoms with E-state index >= 15 is 0 Å². The van der Waals surface area contributed by atoms with Gasteiger partial charge in [-0.05, 0) is 31.0 Å². The number of hydrogen-bond donors (Lipinski definition) is 4. The van der Waals surface area contributed by atoms with Crippen LogP contribution in [0.2, 0.25) is 0 Å². The predicted molar refractivity (Wildman–Crippen MR) is 129 cm³/mol. The van der Waals surface area contributed by atoms with Crippen molar-refractivity contribution < 1.29 is 27.7 Å². The molecule has 35 heavy (non-hydrogen) atoms. The molecule has 0 amide bonds. The molecule has 1 aromatic carbocycles. The van der Waals surface area contributed by atoms with Gasteiger partial charge in [0, 0.05) is 25.6 Å². The quantitative estimate of drug-likeness (QED) is 0.321. The molecule has 0 bridgehead atoms. The smallest absolute Gasteiger partial charge is 0.347 e. The number of nitrogens with one attached hydrogen (secondary N) is 2. The van der Waals surface area contributed by atoms with Crippen LogP contribution in [0.4, 0.5) is 22.7 Å². The van der Waals surface area contributed by atoms with Crippen molar-refractivity contribution in [3.05, 3.63) is 46.5 Å². The van der Waals surface area contributed by atoms with Gasteiger partial charge in [-0.2, -0.15) is 18.4 Å². The molecule has 0 unspecified atom stereocenters. The van der Waals surface area contributed by atoms with Gasteiger partial charge in [0.15, 0.2) is 10.9 Å². The number of carboxylic acid groups (broad SMARTS) is 1. The van der Waals surface area contributed by atoms with E-state index in [4.69, 9.17) is 4.55 Å². The van der Waals surface area contributed by atoms with Gasteiger partial charge in [-0.25, -0.2) is 9.78 Å². The van der Waals surface area contributed by atoms with E-state index in [0.29, 0.717) is 48.4 Å². The first kappa shape index (κ1) is 24.5. The van der Waals surface area contributed by atoms with Crippen LogP contribution >= 0.6 is 11.3 Å². The maximum absolute atomic E-state index is 12.0. The van der Waals surface area contributed by atoms with E-state index in [1.807, 2.05) is 4.90 Å². The number of aromatic carboxylic acids is 1. The molecule has 1 aliphatic heterocycles. The highest BCUT2D eigenvalue weighted by Crippen LogP contribution is 2.27. The molecular weight excluding hydrogens is 496 g/mol. The fraction of sp³-hybridized carbons (Fsp3) is 0.286. The number of anilines is 4.